The minimum Gasteiger partial charge on any atom is -0.465 e. The van der Waals surface area contributed by atoms with Crippen LogP contribution in [0.4, 0.5) is 16.5 Å². The zero-order valence-electron chi connectivity index (χ0n) is 11.1. The fourth-order valence-electron chi connectivity index (χ4n) is 2.27. The van der Waals surface area contributed by atoms with Gasteiger partial charge in [0.05, 0.1) is 29.7 Å². The SMILES string of the molecule is COC(=O)c1ccc(N)c(Nc2nc3c(s2)CCC3)c1. The number of benzene rings is 1. The number of nitrogens with two attached hydrogens (primary N) is 1. The zero-order chi connectivity index (χ0) is 14.1. The Kier molecular flexibility index (Phi) is 3.31. The number of thiazole rings is 1. The summed E-state index contributed by atoms with van der Waals surface area (Å²) in [7, 11) is 1.36. The molecule has 2 aromatic rings. The van der Waals surface area contributed by atoms with Crippen molar-refractivity contribution in [1.29, 1.82) is 0 Å². The molecule has 0 spiro atoms. The highest BCUT2D eigenvalue weighted by atomic mass is 32.1. The summed E-state index contributed by atoms with van der Waals surface area (Å²) in [4.78, 5) is 17.4. The second-order valence-electron chi connectivity index (χ2n) is 4.66. The van der Waals surface area contributed by atoms with Crippen molar-refractivity contribution in [2.45, 2.75) is 19.3 Å². The van der Waals surface area contributed by atoms with Gasteiger partial charge >= 0.3 is 5.97 Å². The van der Waals surface area contributed by atoms with Crippen molar-refractivity contribution >= 4 is 33.8 Å². The Morgan fingerprint density at radius 1 is 1.45 bits per heavy atom. The molecule has 0 saturated carbocycles. The van der Waals surface area contributed by atoms with Crippen molar-refractivity contribution in [3.8, 4) is 0 Å². The number of nitrogens with one attached hydrogen (secondary N) is 1. The molecule has 0 unspecified atom stereocenters. The van der Waals surface area contributed by atoms with Crippen LogP contribution < -0.4 is 11.1 Å². The fourth-order valence-corrected chi connectivity index (χ4v) is 3.33. The summed E-state index contributed by atoms with van der Waals surface area (Å²) in [6.07, 6.45) is 3.34. The standard InChI is InChI=1S/C14H15N3O2S/c1-19-13(18)8-5-6-9(15)11(7-8)17-14-16-10-3-2-4-12(10)20-14/h5-7H,2-4,15H2,1H3,(H,16,17). The van der Waals surface area contributed by atoms with Crippen LogP contribution >= 0.6 is 11.3 Å². The number of rotatable bonds is 3. The lowest BCUT2D eigenvalue weighted by Crippen LogP contribution is -2.04. The monoisotopic (exact) mass is 289 g/mol. The van der Waals surface area contributed by atoms with Crippen molar-refractivity contribution in [3.63, 3.8) is 0 Å². The number of hydrogen-bond acceptors (Lipinski definition) is 6. The summed E-state index contributed by atoms with van der Waals surface area (Å²) in [5, 5.41) is 4.02. The van der Waals surface area contributed by atoms with Crippen molar-refractivity contribution in [2.75, 3.05) is 18.2 Å². The molecule has 1 heterocycles. The topological polar surface area (TPSA) is 77.2 Å². The summed E-state index contributed by atoms with van der Waals surface area (Å²) in [5.74, 6) is -0.380. The van der Waals surface area contributed by atoms with Gasteiger partial charge in [-0.1, -0.05) is 0 Å². The second-order valence-corrected chi connectivity index (χ2v) is 5.74. The first-order valence-corrected chi connectivity index (χ1v) is 7.22. The predicted octanol–water partition coefficient (Wildman–Crippen LogP) is 2.74. The number of hydrogen-bond donors (Lipinski definition) is 2. The van der Waals surface area contributed by atoms with E-state index in [0.29, 0.717) is 16.9 Å². The molecule has 0 radical (unpaired) electrons. The third-order valence-electron chi connectivity index (χ3n) is 3.31. The second kappa shape index (κ2) is 5.13. The van der Waals surface area contributed by atoms with Gasteiger partial charge in [0, 0.05) is 4.88 Å². The molecule has 0 bridgehead atoms. The predicted molar refractivity (Wildman–Crippen MR) is 79.6 cm³/mol. The number of ether oxygens (including phenoxy) is 1. The molecule has 5 nitrogen and oxygen atoms in total. The molecule has 104 valence electrons. The van der Waals surface area contributed by atoms with Crippen molar-refractivity contribution in [3.05, 3.63) is 34.3 Å². The maximum Gasteiger partial charge on any atom is 0.337 e. The Bertz CT molecular complexity index is 645. The summed E-state index contributed by atoms with van der Waals surface area (Å²) < 4.78 is 4.71. The van der Waals surface area contributed by atoms with E-state index in [1.165, 1.54) is 24.1 Å². The Labute approximate surface area is 120 Å². The van der Waals surface area contributed by atoms with Crippen LogP contribution in [0.3, 0.4) is 0 Å². The third-order valence-corrected chi connectivity index (χ3v) is 4.38. The molecule has 3 rings (SSSR count). The first kappa shape index (κ1) is 12.9. The average molecular weight is 289 g/mol. The highest BCUT2D eigenvalue weighted by molar-refractivity contribution is 7.15. The molecule has 0 aliphatic heterocycles. The summed E-state index contributed by atoms with van der Waals surface area (Å²) in [5.41, 5.74) is 8.84. The molecule has 1 aromatic carbocycles. The van der Waals surface area contributed by atoms with Gasteiger partial charge in [0.1, 0.15) is 0 Å². The van der Waals surface area contributed by atoms with Crippen LogP contribution in [0.1, 0.15) is 27.3 Å². The van der Waals surface area contributed by atoms with E-state index >= 15 is 0 Å². The van der Waals surface area contributed by atoms with Gasteiger partial charge in [0.15, 0.2) is 5.13 Å². The van der Waals surface area contributed by atoms with Gasteiger partial charge in [-0.2, -0.15) is 0 Å². The van der Waals surface area contributed by atoms with Gasteiger partial charge in [-0.05, 0) is 37.5 Å². The third kappa shape index (κ3) is 2.34. The summed E-state index contributed by atoms with van der Waals surface area (Å²) in [6.45, 7) is 0. The van der Waals surface area contributed by atoms with Gasteiger partial charge in [-0.25, -0.2) is 9.78 Å². The Hall–Kier alpha value is -2.08. The number of nitrogen functional groups attached to an aromatic ring is 1. The molecule has 3 N–H and O–H groups in total. The van der Waals surface area contributed by atoms with Crippen molar-refractivity contribution < 1.29 is 9.53 Å². The van der Waals surface area contributed by atoms with Crippen LogP contribution in [-0.2, 0) is 17.6 Å². The smallest absolute Gasteiger partial charge is 0.337 e. The highest BCUT2D eigenvalue weighted by Crippen LogP contribution is 2.33. The maximum absolute atomic E-state index is 11.5. The molecular formula is C14H15N3O2S. The quantitative estimate of drug-likeness (QED) is 0.671. The zero-order valence-corrected chi connectivity index (χ0v) is 11.9. The normalized spacial score (nSPS) is 13.1. The molecule has 0 fully saturated rings. The molecule has 0 amide bonds. The number of carbonyl (C=O) groups excluding carboxylic acids is 1. The van der Waals surface area contributed by atoms with E-state index in [-0.39, 0.29) is 5.97 Å². The molecule has 0 saturated heterocycles. The van der Waals surface area contributed by atoms with Crippen LogP contribution in [0.5, 0.6) is 0 Å². The van der Waals surface area contributed by atoms with Crippen molar-refractivity contribution in [2.24, 2.45) is 0 Å². The summed E-state index contributed by atoms with van der Waals surface area (Å²) in [6, 6.07) is 5.03. The Balaban J connectivity index is 1.87. The molecule has 20 heavy (non-hydrogen) atoms. The molecule has 0 atom stereocenters. The minimum atomic E-state index is -0.380. The van der Waals surface area contributed by atoms with Crippen LogP contribution in [0.15, 0.2) is 18.2 Å². The number of carbonyl (C=O) groups is 1. The summed E-state index contributed by atoms with van der Waals surface area (Å²) >= 11 is 1.65. The molecule has 1 aliphatic carbocycles. The minimum absolute atomic E-state index is 0.380. The van der Waals surface area contributed by atoms with E-state index in [1.807, 2.05) is 0 Å². The van der Waals surface area contributed by atoms with Crippen LogP contribution in [0.25, 0.3) is 0 Å². The number of aromatic nitrogens is 1. The Morgan fingerprint density at radius 2 is 2.30 bits per heavy atom. The molecular weight excluding hydrogens is 274 g/mol. The van der Waals surface area contributed by atoms with E-state index in [9.17, 15) is 4.79 Å². The lowest BCUT2D eigenvalue weighted by molar-refractivity contribution is 0.0601. The number of anilines is 3. The number of aryl methyl sites for hydroxylation is 2. The largest absolute Gasteiger partial charge is 0.465 e. The molecule has 1 aromatic heterocycles. The lowest BCUT2D eigenvalue weighted by Gasteiger charge is -2.08. The maximum atomic E-state index is 11.5. The van der Waals surface area contributed by atoms with Gasteiger partial charge in [0.2, 0.25) is 0 Å². The van der Waals surface area contributed by atoms with Crippen LogP contribution in [0.2, 0.25) is 0 Å². The first-order chi connectivity index (χ1) is 9.67. The number of fused-ring (bicyclic) bond motifs is 1. The van der Waals surface area contributed by atoms with Gasteiger partial charge in [0.25, 0.3) is 0 Å². The van der Waals surface area contributed by atoms with E-state index in [1.54, 1.807) is 29.5 Å². The average Bonchev–Trinajstić information content (AvgIpc) is 3.01. The van der Waals surface area contributed by atoms with Crippen LogP contribution in [0, 0.1) is 0 Å². The fraction of sp³-hybridized carbons (Fsp3) is 0.286. The van der Waals surface area contributed by atoms with Crippen molar-refractivity contribution in [1.82, 2.24) is 4.98 Å². The van der Waals surface area contributed by atoms with Gasteiger partial charge in [-0.3, -0.25) is 0 Å². The van der Waals surface area contributed by atoms with Gasteiger partial charge < -0.3 is 15.8 Å². The molecule has 1 aliphatic rings. The van der Waals surface area contributed by atoms with Gasteiger partial charge in [-0.15, -0.1) is 11.3 Å². The number of esters is 1. The van der Waals surface area contributed by atoms with E-state index in [2.05, 4.69) is 10.3 Å². The lowest BCUT2D eigenvalue weighted by atomic mass is 10.2. The van der Waals surface area contributed by atoms with E-state index in [0.717, 1.165) is 18.0 Å². The van der Waals surface area contributed by atoms with Crippen LogP contribution in [-0.4, -0.2) is 18.1 Å². The van der Waals surface area contributed by atoms with E-state index < -0.39 is 0 Å². The molecule has 6 heteroatoms. The number of nitrogens with zero attached hydrogens (tertiary/aromatic N) is 1. The van der Waals surface area contributed by atoms with E-state index in [4.69, 9.17) is 10.5 Å². The number of methoxy groups -OCH3 is 1. The Morgan fingerprint density at radius 3 is 3.05 bits per heavy atom. The first-order valence-electron chi connectivity index (χ1n) is 6.41. The highest BCUT2D eigenvalue weighted by Gasteiger charge is 2.17.